The highest BCUT2D eigenvalue weighted by atomic mass is 35.5. The Kier molecular flexibility index (Phi) is 4.73. The molecule has 6 nitrogen and oxygen atoms in total. The molecule has 0 saturated heterocycles. The highest BCUT2D eigenvalue weighted by Crippen LogP contribution is 2.38. The van der Waals surface area contributed by atoms with Crippen LogP contribution >= 0.6 is 11.6 Å². The van der Waals surface area contributed by atoms with E-state index in [9.17, 15) is 0 Å². The van der Waals surface area contributed by atoms with Crippen molar-refractivity contribution in [2.45, 2.75) is 19.4 Å². The number of hydrogen-bond acceptors (Lipinski definition) is 6. The monoisotopic (exact) mass is 407 g/mol. The zero-order valence-electron chi connectivity index (χ0n) is 16.2. The number of anilines is 4. The molecule has 5 rings (SSSR count). The summed E-state index contributed by atoms with van der Waals surface area (Å²) in [5.74, 6) is 2.00. The van der Waals surface area contributed by atoms with Crippen molar-refractivity contribution in [2.75, 3.05) is 30.4 Å². The van der Waals surface area contributed by atoms with Gasteiger partial charge < -0.3 is 20.3 Å². The summed E-state index contributed by atoms with van der Waals surface area (Å²) in [4.78, 5) is 11.3. The van der Waals surface area contributed by atoms with E-state index in [1.54, 1.807) is 13.3 Å². The number of hydrogen-bond donors (Lipinski definition) is 2. The second-order valence-electron chi connectivity index (χ2n) is 7.27. The van der Waals surface area contributed by atoms with Gasteiger partial charge in [0.25, 0.3) is 0 Å². The van der Waals surface area contributed by atoms with Crippen molar-refractivity contribution in [1.82, 2.24) is 15.3 Å². The van der Waals surface area contributed by atoms with E-state index in [0.29, 0.717) is 16.8 Å². The van der Waals surface area contributed by atoms with Crippen LogP contribution in [0.2, 0.25) is 5.02 Å². The first-order valence-corrected chi connectivity index (χ1v) is 10.2. The molecule has 2 N–H and O–H groups in total. The molecule has 0 atom stereocenters. The van der Waals surface area contributed by atoms with Gasteiger partial charge in [-0.2, -0.15) is 4.98 Å². The van der Waals surface area contributed by atoms with Crippen molar-refractivity contribution in [3.05, 3.63) is 64.3 Å². The Hall–Kier alpha value is -2.83. The molecule has 7 heteroatoms. The third-order valence-electron chi connectivity index (χ3n) is 5.52. The average molecular weight is 408 g/mol. The number of ether oxygens (including phenoxy) is 1. The number of aromatic nitrogens is 2. The molecule has 2 aliphatic rings. The number of benzene rings is 2. The zero-order chi connectivity index (χ0) is 19.8. The summed E-state index contributed by atoms with van der Waals surface area (Å²) < 4.78 is 5.61. The third kappa shape index (κ3) is 3.39. The van der Waals surface area contributed by atoms with Gasteiger partial charge in [0.2, 0.25) is 5.95 Å². The van der Waals surface area contributed by atoms with Crippen molar-refractivity contribution >= 4 is 34.7 Å². The Morgan fingerprint density at radius 2 is 2.03 bits per heavy atom. The maximum Gasteiger partial charge on any atom is 0.229 e. The van der Waals surface area contributed by atoms with E-state index in [-0.39, 0.29) is 0 Å². The van der Waals surface area contributed by atoms with Crippen LogP contribution in [-0.4, -0.2) is 30.2 Å². The summed E-state index contributed by atoms with van der Waals surface area (Å²) >= 11 is 6.47. The minimum absolute atomic E-state index is 0.496. The SMILES string of the molecule is COc1cc2c(cc1Nc1ncc(Cl)c(N3CCc4ccccc43)n1)CNCC2. The van der Waals surface area contributed by atoms with Gasteiger partial charge in [0.15, 0.2) is 5.82 Å². The molecule has 2 aromatic carbocycles. The molecule has 0 amide bonds. The zero-order valence-corrected chi connectivity index (χ0v) is 17.0. The molecule has 0 saturated carbocycles. The fourth-order valence-electron chi connectivity index (χ4n) is 4.06. The second kappa shape index (κ2) is 7.54. The van der Waals surface area contributed by atoms with Crippen molar-refractivity contribution in [2.24, 2.45) is 0 Å². The van der Waals surface area contributed by atoms with Crippen LogP contribution in [0, 0.1) is 0 Å². The van der Waals surface area contributed by atoms with Crippen LogP contribution in [0.3, 0.4) is 0 Å². The van der Waals surface area contributed by atoms with Crippen LogP contribution < -0.4 is 20.3 Å². The van der Waals surface area contributed by atoms with Gasteiger partial charge in [-0.25, -0.2) is 4.98 Å². The first-order chi connectivity index (χ1) is 14.2. The molecule has 148 valence electrons. The predicted molar refractivity (Wildman–Crippen MR) is 116 cm³/mol. The minimum atomic E-state index is 0.496. The van der Waals surface area contributed by atoms with Crippen molar-refractivity contribution in [3.8, 4) is 5.75 Å². The summed E-state index contributed by atoms with van der Waals surface area (Å²) in [5, 5.41) is 7.27. The van der Waals surface area contributed by atoms with E-state index in [1.165, 1.54) is 16.7 Å². The number of para-hydroxylation sites is 1. The maximum absolute atomic E-state index is 6.47. The largest absolute Gasteiger partial charge is 0.495 e. The van der Waals surface area contributed by atoms with Crippen LogP contribution in [-0.2, 0) is 19.4 Å². The Labute approximate surface area is 174 Å². The Morgan fingerprint density at radius 3 is 2.93 bits per heavy atom. The van der Waals surface area contributed by atoms with Gasteiger partial charge >= 0.3 is 0 Å². The molecule has 0 fully saturated rings. The summed E-state index contributed by atoms with van der Waals surface area (Å²) in [6, 6.07) is 12.6. The molecule has 0 radical (unpaired) electrons. The summed E-state index contributed by atoms with van der Waals surface area (Å²) in [5.41, 5.74) is 5.89. The summed E-state index contributed by atoms with van der Waals surface area (Å²) in [7, 11) is 1.68. The molecule has 29 heavy (non-hydrogen) atoms. The first-order valence-electron chi connectivity index (χ1n) is 9.78. The normalized spacial score (nSPS) is 15.0. The fourth-order valence-corrected chi connectivity index (χ4v) is 4.26. The number of halogens is 1. The molecule has 1 aromatic heterocycles. The van der Waals surface area contributed by atoms with Gasteiger partial charge in [-0.05, 0) is 54.3 Å². The molecule has 3 aromatic rings. The van der Waals surface area contributed by atoms with Crippen LogP contribution in [0.5, 0.6) is 5.75 Å². The molecular weight excluding hydrogens is 386 g/mol. The van der Waals surface area contributed by atoms with Gasteiger partial charge in [0.05, 0.1) is 19.0 Å². The van der Waals surface area contributed by atoms with Gasteiger partial charge in [0, 0.05) is 18.8 Å². The van der Waals surface area contributed by atoms with E-state index in [2.05, 4.69) is 50.8 Å². The van der Waals surface area contributed by atoms with Gasteiger partial charge in [-0.3, -0.25) is 0 Å². The standard InChI is InChI=1S/C22H22ClN5O/c1-29-20-11-15-6-8-24-12-16(15)10-18(20)26-22-25-13-17(23)21(27-22)28-9-7-14-4-2-3-5-19(14)28/h2-5,10-11,13,24H,6-9,12H2,1H3,(H,25,26,27). The molecule has 2 aliphatic heterocycles. The quantitative estimate of drug-likeness (QED) is 0.675. The molecule has 0 aliphatic carbocycles. The second-order valence-corrected chi connectivity index (χ2v) is 7.68. The van der Waals surface area contributed by atoms with E-state index in [0.717, 1.165) is 49.6 Å². The van der Waals surface area contributed by atoms with Gasteiger partial charge in [-0.15, -0.1) is 0 Å². The van der Waals surface area contributed by atoms with E-state index in [1.807, 2.05) is 6.07 Å². The highest BCUT2D eigenvalue weighted by molar-refractivity contribution is 6.33. The van der Waals surface area contributed by atoms with Crippen LogP contribution in [0.4, 0.5) is 23.1 Å². The maximum atomic E-state index is 6.47. The number of nitrogens with zero attached hydrogens (tertiary/aromatic N) is 3. The lowest BCUT2D eigenvalue weighted by molar-refractivity contribution is 0.415. The first kappa shape index (κ1) is 18.2. The third-order valence-corrected chi connectivity index (χ3v) is 5.79. The predicted octanol–water partition coefficient (Wildman–Crippen LogP) is 4.22. The molecule has 0 unspecified atom stereocenters. The van der Waals surface area contributed by atoms with E-state index < -0.39 is 0 Å². The number of rotatable bonds is 4. The van der Waals surface area contributed by atoms with Gasteiger partial charge in [-0.1, -0.05) is 29.8 Å². The molecule has 0 bridgehead atoms. The Bertz CT molecular complexity index is 1070. The molecule has 0 spiro atoms. The number of methoxy groups -OCH3 is 1. The lowest BCUT2D eigenvalue weighted by Gasteiger charge is -2.22. The lowest BCUT2D eigenvalue weighted by Crippen LogP contribution is -2.23. The Balaban J connectivity index is 1.49. The van der Waals surface area contributed by atoms with Crippen LogP contribution in [0.1, 0.15) is 16.7 Å². The number of nitrogens with one attached hydrogen (secondary N) is 2. The fraction of sp³-hybridized carbons (Fsp3) is 0.273. The van der Waals surface area contributed by atoms with Crippen molar-refractivity contribution in [1.29, 1.82) is 0 Å². The molecule has 3 heterocycles. The van der Waals surface area contributed by atoms with Crippen LogP contribution in [0.25, 0.3) is 0 Å². The lowest BCUT2D eigenvalue weighted by atomic mass is 10.00. The summed E-state index contributed by atoms with van der Waals surface area (Å²) in [6.07, 6.45) is 3.63. The van der Waals surface area contributed by atoms with Crippen LogP contribution in [0.15, 0.2) is 42.6 Å². The molecular formula is C22H22ClN5O. The van der Waals surface area contributed by atoms with Crippen molar-refractivity contribution in [3.63, 3.8) is 0 Å². The highest BCUT2D eigenvalue weighted by Gasteiger charge is 2.24. The van der Waals surface area contributed by atoms with E-state index in [4.69, 9.17) is 21.3 Å². The summed E-state index contributed by atoms with van der Waals surface area (Å²) in [6.45, 7) is 2.69. The van der Waals surface area contributed by atoms with E-state index >= 15 is 0 Å². The van der Waals surface area contributed by atoms with Gasteiger partial charge in [0.1, 0.15) is 10.8 Å². The topological polar surface area (TPSA) is 62.3 Å². The Morgan fingerprint density at radius 1 is 1.14 bits per heavy atom. The average Bonchev–Trinajstić information content (AvgIpc) is 3.18. The minimum Gasteiger partial charge on any atom is -0.495 e. The van der Waals surface area contributed by atoms with Crippen molar-refractivity contribution < 1.29 is 4.74 Å². The number of fused-ring (bicyclic) bond motifs is 2. The smallest absolute Gasteiger partial charge is 0.229 e.